The van der Waals surface area contributed by atoms with E-state index in [0.29, 0.717) is 30.0 Å². The quantitative estimate of drug-likeness (QED) is 0.868. The fraction of sp³-hybridized carbons (Fsp3) is 0.429. The van der Waals surface area contributed by atoms with Crippen LogP contribution in [0.4, 0.5) is 5.69 Å². The summed E-state index contributed by atoms with van der Waals surface area (Å²) < 4.78 is 10.5. The molecule has 2 N–H and O–H groups in total. The lowest BCUT2D eigenvalue weighted by molar-refractivity contribution is -0.122. The van der Waals surface area contributed by atoms with Crippen molar-refractivity contribution in [2.75, 3.05) is 19.5 Å². The van der Waals surface area contributed by atoms with Gasteiger partial charge in [0.2, 0.25) is 11.8 Å². The van der Waals surface area contributed by atoms with Crippen molar-refractivity contribution >= 4 is 17.5 Å². The zero-order valence-electron chi connectivity index (χ0n) is 11.8. The molecule has 6 nitrogen and oxygen atoms in total. The van der Waals surface area contributed by atoms with Crippen LogP contribution < -0.4 is 20.1 Å². The van der Waals surface area contributed by atoms with Gasteiger partial charge in [-0.05, 0) is 25.5 Å². The zero-order chi connectivity index (χ0) is 14.7. The lowest BCUT2D eigenvalue weighted by atomic mass is 10.1. The van der Waals surface area contributed by atoms with Gasteiger partial charge in [0, 0.05) is 12.0 Å². The van der Waals surface area contributed by atoms with Crippen LogP contribution in [0.25, 0.3) is 0 Å². The van der Waals surface area contributed by atoms with Crippen LogP contribution in [-0.2, 0) is 9.59 Å². The highest BCUT2D eigenvalue weighted by atomic mass is 16.5. The number of rotatable bonds is 4. The van der Waals surface area contributed by atoms with E-state index in [1.807, 2.05) is 6.92 Å². The molecule has 20 heavy (non-hydrogen) atoms. The molecule has 1 saturated heterocycles. The molecule has 1 fully saturated rings. The lowest BCUT2D eigenvalue weighted by Crippen LogP contribution is -2.37. The molecule has 2 amide bonds. The molecule has 0 aliphatic carbocycles. The molecule has 1 aromatic rings. The molecule has 0 radical (unpaired) electrons. The molecule has 0 aromatic heterocycles. The van der Waals surface area contributed by atoms with Gasteiger partial charge in [-0.1, -0.05) is 0 Å². The Morgan fingerprint density at radius 3 is 2.65 bits per heavy atom. The molecule has 0 spiro atoms. The van der Waals surface area contributed by atoms with Gasteiger partial charge in [-0.2, -0.15) is 0 Å². The monoisotopic (exact) mass is 278 g/mol. The number of amides is 2. The van der Waals surface area contributed by atoms with E-state index in [1.54, 1.807) is 19.2 Å². The zero-order valence-corrected chi connectivity index (χ0v) is 11.8. The van der Waals surface area contributed by atoms with Crippen molar-refractivity contribution in [3.8, 4) is 11.5 Å². The molecule has 1 unspecified atom stereocenters. The molecule has 1 aromatic carbocycles. The first kappa shape index (κ1) is 14.2. The summed E-state index contributed by atoms with van der Waals surface area (Å²) in [4.78, 5) is 23.2. The Hall–Kier alpha value is -2.24. The molecular weight excluding hydrogens is 260 g/mol. The summed E-state index contributed by atoms with van der Waals surface area (Å²) in [5.41, 5.74) is 1.38. The molecule has 1 atom stereocenters. The van der Waals surface area contributed by atoms with Gasteiger partial charge in [0.15, 0.2) is 0 Å². The van der Waals surface area contributed by atoms with Crippen molar-refractivity contribution in [1.82, 2.24) is 5.32 Å². The average molecular weight is 278 g/mol. The predicted molar refractivity (Wildman–Crippen MR) is 74.1 cm³/mol. The third kappa shape index (κ3) is 2.68. The predicted octanol–water partition coefficient (Wildman–Crippen LogP) is 1.23. The summed E-state index contributed by atoms with van der Waals surface area (Å²) >= 11 is 0. The minimum absolute atomic E-state index is 0.0944. The van der Waals surface area contributed by atoms with Gasteiger partial charge in [-0.25, -0.2) is 0 Å². The number of benzene rings is 1. The van der Waals surface area contributed by atoms with Gasteiger partial charge < -0.3 is 20.1 Å². The maximum absolute atomic E-state index is 12.1. The average Bonchev–Trinajstić information content (AvgIpc) is 2.86. The molecular formula is C14H18N2O4. The third-order valence-corrected chi connectivity index (χ3v) is 3.35. The third-order valence-electron chi connectivity index (χ3n) is 3.35. The smallest absolute Gasteiger partial charge is 0.247 e. The molecule has 6 heteroatoms. The molecule has 0 bridgehead atoms. The van der Waals surface area contributed by atoms with Gasteiger partial charge in [-0.3, -0.25) is 9.59 Å². The van der Waals surface area contributed by atoms with Gasteiger partial charge >= 0.3 is 0 Å². The van der Waals surface area contributed by atoms with E-state index in [4.69, 9.17) is 9.47 Å². The largest absolute Gasteiger partial charge is 0.496 e. The summed E-state index contributed by atoms with van der Waals surface area (Å²) in [7, 11) is 3.11. The maximum Gasteiger partial charge on any atom is 0.247 e. The van der Waals surface area contributed by atoms with Crippen LogP contribution in [-0.4, -0.2) is 32.1 Å². The molecule has 108 valence electrons. The number of anilines is 1. The van der Waals surface area contributed by atoms with Crippen LogP contribution in [0.5, 0.6) is 11.5 Å². The number of nitrogens with one attached hydrogen (secondary N) is 2. The second kappa shape index (κ2) is 5.81. The molecule has 2 rings (SSSR count). The van der Waals surface area contributed by atoms with Crippen LogP contribution in [0.3, 0.4) is 0 Å². The van der Waals surface area contributed by atoms with Crippen LogP contribution in [0, 0.1) is 6.92 Å². The maximum atomic E-state index is 12.1. The van der Waals surface area contributed by atoms with Crippen molar-refractivity contribution in [2.24, 2.45) is 0 Å². The second-order valence-electron chi connectivity index (χ2n) is 4.62. The Balaban J connectivity index is 2.19. The van der Waals surface area contributed by atoms with Gasteiger partial charge in [0.1, 0.15) is 17.5 Å². The van der Waals surface area contributed by atoms with E-state index < -0.39 is 6.04 Å². The Labute approximate surface area is 117 Å². The number of carbonyl (C=O) groups is 2. The summed E-state index contributed by atoms with van der Waals surface area (Å²) in [6, 6.07) is 3.01. The van der Waals surface area contributed by atoms with E-state index in [1.165, 1.54) is 7.11 Å². The Morgan fingerprint density at radius 2 is 2.10 bits per heavy atom. The number of methoxy groups -OCH3 is 2. The van der Waals surface area contributed by atoms with E-state index >= 15 is 0 Å². The molecule has 1 aliphatic rings. The van der Waals surface area contributed by atoms with Crippen molar-refractivity contribution < 1.29 is 19.1 Å². The molecule has 0 saturated carbocycles. The van der Waals surface area contributed by atoms with E-state index in [2.05, 4.69) is 10.6 Å². The fourth-order valence-corrected chi connectivity index (χ4v) is 2.29. The minimum Gasteiger partial charge on any atom is -0.496 e. The SMILES string of the molecule is COc1ccc(NC(=O)C2CCC(=O)N2)c(OC)c1C. The number of hydrogen-bond acceptors (Lipinski definition) is 4. The van der Waals surface area contributed by atoms with E-state index in [9.17, 15) is 9.59 Å². The normalized spacial score (nSPS) is 17.6. The van der Waals surface area contributed by atoms with E-state index in [0.717, 1.165) is 5.56 Å². The molecule has 1 heterocycles. The van der Waals surface area contributed by atoms with Crippen LogP contribution in [0.15, 0.2) is 12.1 Å². The first-order chi connectivity index (χ1) is 9.56. The van der Waals surface area contributed by atoms with E-state index in [-0.39, 0.29) is 11.8 Å². The summed E-state index contributed by atoms with van der Waals surface area (Å²) in [6.07, 6.45) is 0.902. The van der Waals surface area contributed by atoms with Gasteiger partial charge in [-0.15, -0.1) is 0 Å². The number of hydrogen-bond donors (Lipinski definition) is 2. The lowest BCUT2D eigenvalue weighted by Gasteiger charge is -2.16. The standard InChI is InChI=1S/C14H18N2O4/c1-8-11(19-2)6-4-9(13(8)20-3)16-14(18)10-5-7-12(17)15-10/h4,6,10H,5,7H2,1-3H3,(H,15,17)(H,16,18). The van der Waals surface area contributed by atoms with Crippen molar-refractivity contribution in [1.29, 1.82) is 0 Å². The summed E-state index contributed by atoms with van der Waals surface area (Å²) in [5.74, 6) is 0.915. The fourth-order valence-electron chi connectivity index (χ4n) is 2.29. The summed E-state index contributed by atoms with van der Waals surface area (Å²) in [6.45, 7) is 1.85. The topological polar surface area (TPSA) is 76.7 Å². The number of carbonyl (C=O) groups excluding carboxylic acids is 2. The van der Waals surface area contributed by atoms with Crippen molar-refractivity contribution in [3.63, 3.8) is 0 Å². The molecule has 1 aliphatic heterocycles. The van der Waals surface area contributed by atoms with Crippen LogP contribution >= 0.6 is 0 Å². The Kier molecular flexibility index (Phi) is 4.12. The van der Waals surface area contributed by atoms with Crippen molar-refractivity contribution in [3.05, 3.63) is 17.7 Å². The number of ether oxygens (including phenoxy) is 2. The van der Waals surface area contributed by atoms with Crippen LogP contribution in [0.2, 0.25) is 0 Å². The minimum atomic E-state index is -0.477. The second-order valence-corrected chi connectivity index (χ2v) is 4.62. The summed E-state index contributed by atoms with van der Waals surface area (Å²) in [5, 5.41) is 5.41. The van der Waals surface area contributed by atoms with Crippen LogP contribution in [0.1, 0.15) is 18.4 Å². The Bertz CT molecular complexity index is 542. The Morgan fingerprint density at radius 1 is 1.35 bits per heavy atom. The van der Waals surface area contributed by atoms with Gasteiger partial charge in [0.25, 0.3) is 0 Å². The first-order valence-corrected chi connectivity index (χ1v) is 6.38. The van der Waals surface area contributed by atoms with Crippen molar-refractivity contribution in [2.45, 2.75) is 25.8 Å². The van der Waals surface area contributed by atoms with Gasteiger partial charge in [0.05, 0.1) is 19.9 Å². The highest BCUT2D eigenvalue weighted by Crippen LogP contribution is 2.35. The highest BCUT2D eigenvalue weighted by molar-refractivity contribution is 6.00. The first-order valence-electron chi connectivity index (χ1n) is 6.38. The highest BCUT2D eigenvalue weighted by Gasteiger charge is 2.28.